The van der Waals surface area contributed by atoms with E-state index in [0.29, 0.717) is 22.8 Å². The van der Waals surface area contributed by atoms with Gasteiger partial charge in [0.15, 0.2) is 5.69 Å². The lowest BCUT2D eigenvalue weighted by molar-refractivity contribution is 0.101. The minimum absolute atomic E-state index is 0.0588. The van der Waals surface area contributed by atoms with E-state index in [-0.39, 0.29) is 17.5 Å². The molecule has 0 saturated heterocycles. The lowest BCUT2D eigenvalue weighted by atomic mass is 10.2. The number of anilines is 1. The summed E-state index contributed by atoms with van der Waals surface area (Å²) in [6.07, 6.45) is 1.48. The highest BCUT2D eigenvalue weighted by molar-refractivity contribution is 6.29. The number of benzene rings is 1. The van der Waals surface area contributed by atoms with Gasteiger partial charge in [0.2, 0.25) is 0 Å². The summed E-state index contributed by atoms with van der Waals surface area (Å²) in [4.78, 5) is 16.3. The zero-order valence-electron chi connectivity index (χ0n) is 12.0. The van der Waals surface area contributed by atoms with Gasteiger partial charge in [-0.3, -0.25) is 4.79 Å². The molecule has 0 saturated carbocycles. The van der Waals surface area contributed by atoms with E-state index in [4.69, 9.17) is 16.3 Å². The number of nitrogens with one attached hydrogen (secondary N) is 1. The number of aromatic nitrogens is 4. The molecule has 4 rings (SSSR count). The molecule has 120 valence electrons. The highest BCUT2D eigenvalue weighted by Gasteiger charge is 2.26. The van der Waals surface area contributed by atoms with Gasteiger partial charge in [0, 0.05) is 18.0 Å². The van der Waals surface area contributed by atoms with Crippen LogP contribution in [0.4, 0.5) is 10.1 Å². The highest BCUT2D eigenvalue weighted by Crippen LogP contribution is 2.30. The maximum absolute atomic E-state index is 13.3. The van der Waals surface area contributed by atoms with E-state index in [0.717, 1.165) is 0 Å². The van der Waals surface area contributed by atoms with Crippen molar-refractivity contribution in [3.8, 4) is 11.4 Å². The van der Waals surface area contributed by atoms with Crippen LogP contribution in [0.3, 0.4) is 0 Å². The van der Waals surface area contributed by atoms with Gasteiger partial charge in [-0.1, -0.05) is 16.8 Å². The number of amides is 1. The average molecular weight is 346 g/mol. The van der Waals surface area contributed by atoms with Crippen LogP contribution in [0.2, 0.25) is 5.15 Å². The molecule has 0 unspecified atom stereocenters. The molecule has 7 nitrogen and oxygen atoms in total. The van der Waals surface area contributed by atoms with Crippen molar-refractivity contribution >= 4 is 23.2 Å². The number of hydrogen-bond acceptors (Lipinski definition) is 5. The Bertz CT molecular complexity index is 959. The number of halogens is 2. The van der Waals surface area contributed by atoms with Crippen LogP contribution >= 0.6 is 11.6 Å². The molecule has 3 aromatic rings. The first kappa shape index (κ1) is 14.6. The van der Waals surface area contributed by atoms with Crippen molar-refractivity contribution < 1.29 is 13.9 Å². The molecule has 3 heterocycles. The number of carbonyl (C=O) groups is 1. The summed E-state index contributed by atoms with van der Waals surface area (Å²) in [6, 6.07) is 7.20. The Balaban J connectivity index is 1.67. The molecule has 0 fully saturated rings. The van der Waals surface area contributed by atoms with Crippen molar-refractivity contribution in [3.05, 3.63) is 58.9 Å². The predicted molar refractivity (Wildman–Crippen MR) is 82.8 cm³/mol. The lowest BCUT2D eigenvalue weighted by Crippen LogP contribution is -2.19. The van der Waals surface area contributed by atoms with Crippen molar-refractivity contribution in [1.82, 2.24) is 20.0 Å². The second kappa shape index (κ2) is 5.57. The largest absolute Gasteiger partial charge is 0.485 e. The first-order valence-corrected chi connectivity index (χ1v) is 7.30. The maximum atomic E-state index is 13.3. The fourth-order valence-corrected chi connectivity index (χ4v) is 2.57. The van der Waals surface area contributed by atoms with Crippen molar-refractivity contribution in [3.63, 3.8) is 0 Å². The van der Waals surface area contributed by atoms with Gasteiger partial charge in [-0.25, -0.2) is 14.1 Å². The monoisotopic (exact) mass is 345 g/mol. The molecule has 1 aliphatic heterocycles. The van der Waals surface area contributed by atoms with Gasteiger partial charge < -0.3 is 10.1 Å². The fraction of sp³-hybridized carbons (Fsp3) is 0.0667. The van der Waals surface area contributed by atoms with Gasteiger partial charge in [0.25, 0.3) is 5.91 Å². The van der Waals surface area contributed by atoms with E-state index in [1.54, 1.807) is 6.07 Å². The summed E-state index contributed by atoms with van der Waals surface area (Å²) in [5, 5.41) is 10.8. The summed E-state index contributed by atoms with van der Waals surface area (Å²) in [7, 11) is 0. The molecule has 2 aromatic heterocycles. The standard InChI is InChI=1S/C15H9ClFN5O2/c16-13-6-9(3-4-18-13)19-15(23)14-11-7-24-12-5-8(17)1-2-10(12)22(11)21-20-14/h1-6H,7H2,(H,18,19,23). The predicted octanol–water partition coefficient (Wildman–Crippen LogP) is 2.60. The molecule has 1 aliphatic rings. The van der Waals surface area contributed by atoms with Gasteiger partial charge in [-0.05, 0) is 24.3 Å². The summed E-state index contributed by atoms with van der Waals surface area (Å²) >= 11 is 5.79. The normalized spacial score (nSPS) is 12.1. The topological polar surface area (TPSA) is 81.9 Å². The molecule has 1 amide bonds. The van der Waals surface area contributed by atoms with Crippen molar-refractivity contribution in [1.29, 1.82) is 0 Å². The van der Waals surface area contributed by atoms with Crippen LogP contribution in [-0.4, -0.2) is 25.9 Å². The first-order chi connectivity index (χ1) is 11.6. The Morgan fingerprint density at radius 2 is 2.21 bits per heavy atom. The summed E-state index contributed by atoms with van der Waals surface area (Å²) in [6.45, 7) is 0.0588. The smallest absolute Gasteiger partial charge is 0.278 e. The fourth-order valence-electron chi connectivity index (χ4n) is 2.40. The number of ether oxygens (including phenoxy) is 1. The van der Waals surface area contributed by atoms with Gasteiger partial charge in [0.05, 0.1) is 0 Å². The van der Waals surface area contributed by atoms with E-state index in [2.05, 4.69) is 20.6 Å². The van der Waals surface area contributed by atoms with Crippen molar-refractivity contribution in [2.75, 3.05) is 5.32 Å². The average Bonchev–Trinajstić information content (AvgIpc) is 2.99. The quantitative estimate of drug-likeness (QED) is 0.722. The third-order valence-electron chi connectivity index (χ3n) is 3.48. The summed E-state index contributed by atoms with van der Waals surface area (Å²) in [5.41, 5.74) is 1.61. The van der Waals surface area contributed by atoms with Crippen LogP contribution in [-0.2, 0) is 6.61 Å². The Labute approximate surface area is 140 Å². The van der Waals surface area contributed by atoms with Crippen LogP contribution in [0.25, 0.3) is 5.69 Å². The molecule has 0 radical (unpaired) electrons. The second-order valence-electron chi connectivity index (χ2n) is 5.02. The number of fused-ring (bicyclic) bond motifs is 3. The molecule has 0 atom stereocenters. The second-order valence-corrected chi connectivity index (χ2v) is 5.41. The summed E-state index contributed by atoms with van der Waals surface area (Å²) < 4.78 is 20.2. The Morgan fingerprint density at radius 3 is 3.04 bits per heavy atom. The molecule has 0 bridgehead atoms. The Morgan fingerprint density at radius 1 is 1.33 bits per heavy atom. The van der Waals surface area contributed by atoms with Crippen molar-refractivity contribution in [2.24, 2.45) is 0 Å². The van der Waals surface area contributed by atoms with Crippen LogP contribution in [0.15, 0.2) is 36.5 Å². The van der Waals surface area contributed by atoms with Crippen LogP contribution in [0.1, 0.15) is 16.2 Å². The number of nitrogens with zero attached hydrogens (tertiary/aromatic N) is 4. The van der Waals surface area contributed by atoms with Gasteiger partial charge in [-0.15, -0.1) is 5.10 Å². The van der Waals surface area contributed by atoms with Crippen molar-refractivity contribution in [2.45, 2.75) is 6.61 Å². The Hall–Kier alpha value is -3.00. The van der Waals surface area contributed by atoms with Gasteiger partial charge in [-0.2, -0.15) is 0 Å². The van der Waals surface area contributed by atoms with Crippen LogP contribution in [0.5, 0.6) is 5.75 Å². The molecule has 9 heteroatoms. The zero-order chi connectivity index (χ0) is 16.7. The van der Waals surface area contributed by atoms with Crippen LogP contribution < -0.4 is 10.1 Å². The van der Waals surface area contributed by atoms with Crippen LogP contribution in [0, 0.1) is 5.82 Å². The van der Waals surface area contributed by atoms with E-state index in [9.17, 15) is 9.18 Å². The van der Waals surface area contributed by atoms with Gasteiger partial charge >= 0.3 is 0 Å². The number of carbonyl (C=O) groups excluding carboxylic acids is 1. The van der Waals surface area contributed by atoms with Gasteiger partial charge in [0.1, 0.15) is 34.7 Å². The molecule has 24 heavy (non-hydrogen) atoms. The maximum Gasteiger partial charge on any atom is 0.278 e. The molecule has 0 aliphatic carbocycles. The van der Waals surface area contributed by atoms with E-state index < -0.39 is 11.7 Å². The highest BCUT2D eigenvalue weighted by atomic mass is 35.5. The number of pyridine rings is 1. The first-order valence-electron chi connectivity index (χ1n) is 6.92. The number of hydrogen-bond donors (Lipinski definition) is 1. The van der Waals surface area contributed by atoms with E-state index >= 15 is 0 Å². The van der Waals surface area contributed by atoms with E-state index in [1.807, 2.05) is 0 Å². The molecular weight excluding hydrogens is 337 g/mol. The minimum Gasteiger partial charge on any atom is -0.485 e. The third-order valence-corrected chi connectivity index (χ3v) is 3.68. The molecule has 1 N–H and O–H groups in total. The SMILES string of the molecule is O=C(Nc1ccnc(Cl)c1)c1nnn2c1COc1cc(F)ccc1-2. The lowest BCUT2D eigenvalue weighted by Gasteiger charge is -2.18. The Kier molecular flexibility index (Phi) is 3.39. The van der Waals surface area contributed by atoms with E-state index in [1.165, 1.54) is 35.1 Å². The molecule has 0 spiro atoms. The third kappa shape index (κ3) is 2.46. The number of rotatable bonds is 2. The molecular formula is C15H9ClFN5O2. The minimum atomic E-state index is -0.451. The zero-order valence-corrected chi connectivity index (χ0v) is 12.8. The molecule has 1 aromatic carbocycles. The summed E-state index contributed by atoms with van der Waals surface area (Å²) in [5.74, 6) is -0.516.